The van der Waals surface area contributed by atoms with E-state index >= 15 is 0 Å². The van der Waals surface area contributed by atoms with Crippen LogP contribution in [0.15, 0.2) is 24.3 Å². The minimum Gasteiger partial charge on any atom is -0.379 e. The van der Waals surface area contributed by atoms with E-state index in [1.54, 1.807) is 0 Å². The maximum atomic E-state index is 6.07. The molecule has 1 aliphatic heterocycles. The third-order valence-corrected chi connectivity index (χ3v) is 4.20. The topological polar surface area (TPSA) is 50.5 Å². The number of unbranched alkanes of at least 4 members (excludes halogenated alkanes) is 1. The molecule has 1 fully saturated rings. The molecule has 4 nitrogen and oxygen atoms in total. The maximum absolute atomic E-state index is 6.07. The number of hydrogen-bond acceptors (Lipinski definition) is 4. The lowest BCUT2D eigenvalue weighted by Crippen LogP contribution is -2.35. The fourth-order valence-corrected chi connectivity index (χ4v) is 2.75. The van der Waals surface area contributed by atoms with E-state index < -0.39 is 0 Å². The zero-order chi connectivity index (χ0) is 15.6. The number of ether oxygens (including phenoxy) is 1. The van der Waals surface area contributed by atoms with Crippen LogP contribution >= 0.6 is 0 Å². The van der Waals surface area contributed by atoms with Crippen LogP contribution in [0.1, 0.15) is 37.3 Å². The lowest BCUT2D eigenvalue weighted by atomic mass is 10.1. The SMILES string of the molecule is CCCCC(N)CNCc1ccc(CN2CCOCC2)cc1. The summed E-state index contributed by atoms with van der Waals surface area (Å²) >= 11 is 0. The second-order valence-corrected chi connectivity index (χ2v) is 6.24. The highest BCUT2D eigenvalue weighted by molar-refractivity contribution is 5.22. The second-order valence-electron chi connectivity index (χ2n) is 6.24. The molecule has 0 radical (unpaired) electrons. The van der Waals surface area contributed by atoms with Crippen molar-refractivity contribution in [2.24, 2.45) is 5.73 Å². The lowest BCUT2D eigenvalue weighted by Gasteiger charge is -2.26. The van der Waals surface area contributed by atoms with Crippen LogP contribution < -0.4 is 11.1 Å². The van der Waals surface area contributed by atoms with E-state index in [2.05, 4.69) is 41.4 Å². The molecule has 1 unspecified atom stereocenters. The predicted molar refractivity (Wildman–Crippen MR) is 91.7 cm³/mol. The van der Waals surface area contributed by atoms with E-state index in [-0.39, 0.29) is 6.04 Å². The molecule has 4 heteroatoms. The quantitative estimate of drug-likeness (QED) is 0.734. The smallest absolute Gasteiger partial charge is 0.0594 e. The van der Waals surface area contributed by atoms with E-state index in [0.717, 1.165) is 52.4 Å². The molecular weight excluding hydrogens is 274 g/mol. The van der Waals surface area contributed by atoms with Gasteiger partial charge in [0.15, 0.2) is 0 Å². The number of hydrogen-bond donors (Lipinski definition) is 2. The van der Waals surface area contributed by atoms with Crippen LogP contribution in [0.25, 0.3) is 0 Å². The van der Waals surface area contributed by atoms with E-state index in [9.17, 15) is 0 Å². The van der Waals surface area contributed by atoms with E-state index in [1.807, 2.05) is 0 Å². The Morgan fingerprint density at radius 3 is 2.55 bits per heavy atom. The third kappa shape index (κ3) is 6.44. The fraction of sp³-hybridized carbons (Fsp3) is 0.667. The van der Waals surface area contributed by atoms with Gasteiger partial charge in [0.1, 0.15) is 0 Å². The molecule has 1 saturated heterocycles. The molecule has 0 bridgehead atoms. The van der Waals surface area contributed by atoms with Gasteiger partial charge in [-0.1, -0.05) is 44.0 Å². The summed E-state index contributed by atoms with van der Waals surface area (Å²) < 4.78 is 5.38. The predicted octanol–water partition coefficient (Wildman–Crippen LogP) is 2.13. The summed E-state index contributed by atoms with van der Waals surface area (Å²) in [6.07, 6.45) is 3.55. The first-order valence-electron chi connectivity index (χ1n) is 8.62. The maximum Gasteiger partial charge on any atom is 0.0594 e. The molecule has 0 amide bonds. The first-order valence-corrected chi connectivity index (χ1v) is 8.62. The molecule has 0 aromatic heterocycles. The molecule has 124 valence electrons. The first kappa shape index (κ1) is 17.4. The third-order valence-electron chi connectivity index (χ3n) is 4.20. The summed E-state index contributed by atoms with van der Waals surface area (Å²) in [4.78, 5) is 2.45. The van der Waals surface area contributed by atoms with Crippen LogP contribution in [0.2, 0.25) is 0 Å². The number of nitrogens with two attached hydrogens (primary N) is 1. The van der Waals surface area contributed by atoms with Crippen molar-refractivity contribution >= 4 is 0 Å². The summed E-state index contributed by atoms with van der Waals surface area (Å²) in [7, 11) is 0. The van der Waals surface area contributed by atoms with Gasteiger partial charge in [0, 0.05) is 38.8 Å². The van der Waals surface area contributed by atoms with Crippen LogP contribution in [-0.4, -0.2) is 43.8 Å². The van der Waals surface area contributed by atoms with Crippen molar-refractivity contribution in [1.29, 1.82) is 0 Å². The van der Waals surface area contributed by atoms with E-state index in [4.69, 9.17) is 10.5 Å². The summed E-state index contributed by atoms with van der Waals surface area (Å²) in [5.74, 6) is 0. The number of nitrogens with zero attached hydrogens (tertiary/aromatic N) is 1. The highest BCUT2D eigenvalue weighted by Gasteiger charge is 2.10. The molecule has 1 aromatic rings. The van der Waals surface area contributed by atoms with Gasteiger partial charge in [-0.3, -0.25) is 4.90 Å². The molecule has 0 saturated carbocycles. The number of rotatable bonds is 9. The van der Waals surface area contributed by atoms with Crippen molar-refractivity contribution in [2.75, 3.05) is 32.8 Å². The fourth-order valence-electron chi connectivity index (χ4n) is 2.75. The van der Waals surface area contributed by atoms with Gasteiger partial charge in [0.25, 0.3) is 0 Å². The zero-order valence-electron chi connectivity index (χ0n) is 13.9. The van der Waals surface area contributed by atoms with Crippen molar-refractivity contribution in [3.05, 3.63) is 35.4 Å². The Labute approximate surface area is 135 Å². The van der Waals surface area contributed by atoms with Gasteiger partial charge in [-0.15, -0.1) is 0 Å². The average Bonchev–Trinajstić information content (AvgIpc) is 2.55. The van der Waals surface area contributed by atoms with Crippen molar-refractivity contribution in [1.82, 2.24) is 10.2 Å². The van der Waals surface area contributed by atoms with Gasteiger partial charge < -0.3 is 15.8 Å². The molecular formula is C18H31N3O. The minimum absolute atomic E-state index is 0.278. The summed E-state index contributed by atoms with van der Waals surface area (Å²) in [6, 6.07) is 9.20. The highest BCUT2D eigenvalue weighted by atomic mass is 16.5. The molecule has 2 rings (SSSR count). The second kappa shape index (κ2) is 9.95. The number of benzene rings is 1. The van der Waals surface area contributed by atoms with Crippen LogP contribution in [0, 0.1) is 0 Å². The van der Waals surface area contributed by atoms with E-state index in [1.165, 1.54) is 24.0 Å². The van der Waals surface area contributed by atoms with Gasteiger partial charge in [0.05, 0.1) is 13.2 Å². The first-order chi connectivity index (χ1) is 10.8. The lowest BCUT2D eigenvalue weighted by molar-refractivity contribution is 0.0342. The van der Waals surface area contributed by atoms with Gasteiger partial charge in [-0.05, 0) is 17.5 Å². The molecule has 0 aliphatic carbocycles. The van der Waals surface area contributed by atoms with Gasteiger partial charge >= 0.3 is 0 Å². The van der Waals surface area contributed by atoms with Gasteiger partial charge in [0.2, 0.25) is 0 Å². The molecule has 0 spiro atoms. The Bertz CT molecular complexity index is 401. The van der Waals surface area contributed by atoms with Crippen LogP contribution in [0.4, 0.5) is 0 Å². The molecule has 1 heterocycles. The number of nitrogens with one attached hydrogen (secondary N) is 1. The minimum atomic E-state index is 0.278. The van der Waals surface area contributed by atoms with Crippen molar-refractivity contribution in [3.63, 3.8) is 0 Å². The Morgan fingerprint density at radius 1 is 1.18 bits per heavy atom. The average molecular weight is 305 g/mol. The Kier molecular flexibility index (Phi) is 7.88. The van der Waals surface area contributed by atoms with Crippen LogP contribution in [0.5, 0.6) is 0 Å². The monoisotopic (exact) mass is 305 g/mol. The van der Waals surface area contributed by atoms with Gasteiger partial charge in [-0.2, -0.15) is 0 Å². The van der Waals surface area contributed by atoms with Crippen LogP contribution in [-0.2, 0) is 17.8 Å². The summed E-state index contributed by atoms with van der Waals surface area (Å²) in [5, 5.41) is 3.46. The number of morpholine rings is 1. The molecule has 1 atom stereocenters. The Balaban J connectivity index is 1.67. The molecule has 1 aromatic carbocycles. The molecule has 22 heavy (non-hydrogen) atoms. The Hall–Kier alpha value is -0.940. The largest absolute Gasteiger partial charge is 0.379 e. The molecule has 3 N–H and O–H groups in total. The summed E-state index contributed by atoms with van der Waals surface area (Å²) in [6.45, 7) is 8.84. The van der Waals surface area contributed by atoms with Crippen molar-refractivity contribution in [3.8, 4) is 0 Å². The summed E-state index contributed by atoms with van der Waals surface area (Å²) in [5.41, 5.74) is 8.78. The Morgan fingerprint density at radius 2 is 1.86 bits per heavy atom. The highest BCUT2D eigenvalue weighted by Crippen LogP contribution is 2.09. The van der Waals surface area contributed by atoms with Gasteiger partial charge in [-0.25, -0.2) is 0 Å². The van der Waals surface area contributed by atoms with Crippen molar-refractivity contribution < 1.29 is 4.74 Å². The molecule has 1 aliphatic rings. The van der Waals surface area contributed by atoms with Crippen LogP contribution in [0.3, 0.4) is 0 Å². The standard InChI is InChI=1S/C18H31N3O/c1-2-3-4-18(19)14-20-13-16-5-7-17(8-6-16)15-21-9-11-22-12-10-21/h5-8,18,20H,2-4,9-15,19H2,1H3. The normalized spacial score (nSPS) is 17.5. The van der Waals surface area contributed by atoms with E-state index in [0.29, 0.717) is 0 Å². The zero-order valence-corrected chi connectivity index (χ0v) is 13.9. The van der Waals surface area contributed by atoms with Crippen molar-refractivity contribution in [2.45, 2.75) is 45.3 Å².